The summed E-state index contributed by atoms with van der Waals surface area (Å²) in [5, 5.41) is 2.75. The summed E-state index contributed by atoms with van der Waals surface area (Å²) in [4.78, 5) is 43.3. The molecule has 168 valence electrons. The highest BCUT2D eigenvalue weighted by Gasteiger charge is 2.17. The number of amides is 1. The van der Waals surface area contributed by atoms with Gasteiger partial charge in [0.25, 0.3) is 5.56 Å². The molecule has 0 unspecified atom stereocenters. The van der Waals surface area contributed by atoms with Gasteiger partial charge in [0.05, 0.1) is 32.0 Å². The molecule has 0 saturated carbocycles. The van der Waals surface area contributed by atoms with Crippen molar-refractivity contribution in [2.24, 2.45) is 0 Å². The molecule has 0 fully saturated rings. The number of nitrogens with zero attached hydrogens (tertiary/aromatic N) is 3. The predicted molar refractivity (Wildman–Crippen MR) is 124 cm³/mol. The van der Waals surface area contributed by atoms with Gasteiger partial charge in [0.1, 0.15) is 18.0 Å². The number of ether oxygens (including phenoxy) is 2. The molecule has 0 saturated heterocycles. The third kappa shape index (κ3) is 4.47. The van der Waals surface area contributed by atoms with E-state index < -0.39 is 17.2 Å². The number of rotatable bonds is 7. The van der Waals surface area contributed by atoms with Crippen molar-refractivity contribution in [3.63, 3.8) is 0 Å². The maximum atomic E-state index is 13.3. The number of carbonyl (C=O) groups excluding carboxylic acids is 1. The summed E-state index contributed by atoms with van der Waals surface area (Å²) < 4.78 is 12.7. The van der Waals surface area contributed by atoms with Crippen LogP contribution >= 0.6 is 0 Å². The number of para-hydroxylation sites is 2. The lowest BCUT2D eigenvalue weighted by molar-refractivity contribution is -0.116. The quantitative estimate of drug-likeness (QED) is 0.467. The van der Waals surface area contributed by atoms with Crippen molar-refractivity contribution >= 4 is 22.6 Å². The van der Waals surface area contributed by atoms with Crippen LogP contribution in [0.1, 0.15) is 5.56 Å². The Kier molecular flexibility index (Phi) is 6.21. The molecular formula is C24H22N4O5. The number of pyridine rings is 1. The third-order valence-corrected chi connectivity index (χ3v) is 5.17. The average Bonchev–Trinajstić information content (AvgIpc) is 2.85. The predicted octanol–water partition coefficient (Wildman–Crippen LogP) is 2.26. The van der Waals surface area contributed by atoms with Crippen molar-refractivity contribution in [2.45, 2.75) is 13.1 Å². The molecule has 0 aliphatic carbocycles. The van der Waals surface area contributed by atoms with Crippen LogP contribution < -0.4 is 26.0 Å². The molecule has 1 N–H and O–H groups in total. The second-order valence-corrected chi connectivity index (χ2v) is 7.23. The maximum Gasteiger partial charge on any atom is 0.332 e. The van der Waals surface area contributed by atoms with Crippen LogP contribution in [-0.2, 0) is 17.9 Å². The first kappa shape index (κ1) is 21.8. The molecule has 0 radical (unpaired) electrons. The van der Waals surface area contributed by atoms with Gasteiger partial charge in [-0.2, -0.15) is 0 Å². The SMILES string of the molecule is COc1ccc(Cn2c(=O)c3ncccc3n(CC(=O)Nc3ccccc3OC)c2=O)cc1. The standard InChI is InChI=1S/C24H22N4O5/c1-32-17-11-9-16(10-12-17)14-28-23(30)22-19(7-5-13-25-22)27(24(28)31)15-21(29)26-18-6-3-4-8-20(18)33-2/h3-13H,14-15H2,1-2H3,(H,26,29). The average molecular weight is 446 g/mol. The van der Waals surface area contributed by atoms with Gasteiger partial charge < -0.3 is 14.8 Å². The zero-order valence-electron chi connectivity index (χ0n) is 18.1. The zero-order valence-corrected chi connectivity index (χ0v) is 18.1. The largest absolute Gasteiger partial charge is 0.497 e. The molecule has 4 rings (SSSR count). The fraction of sp³-hybridized carbons (Fsp3) is 0.167. The second-order valence-electron chi connectivity index (χ2n) is 7.23. The Hall–Kier alpha value is -4.40. The van der Waals surface area contributed by atoms with E-state index in [-0.39, 0.29) is 24.1 Å². The fourth-order valence-electron chi connectivity index (χ4n) is 3.53. The molecule has 9 nitrogen and oxygen atoms in total. The van der Waals surface area contributed by atoms with Gasteiger partial charge in [0.2, 0.25) is 5.91 Å². The van der Waals surface area contributed by atoms with Gasteiger partial charge in [-0.05, 0) is 42.0 Å². The first-order chi connectivity index (χ1) is 16.0. The van der Waals surface area contributed by atoms with Gasteiger partial charge in [-0.1, -0.05) is 24.3 Å². The first-order valence-electron chi connectivity index (χ1n) is 10.2. The minimum atomic E-state index is -0.605. The van der Waals surface area contributed by atoms with E-state index in [4.69, 9.17) is 9.47 Å². The highest BCUT2D eigenvalue weighted by Crippen LogP contribution is 2.23. The lowest BCUT2D eigenvalue weighted by atomic mass is 10.2. The number of aromatic nitrogens is 3. The topological polar surface area (TPSA) is 104 Å². The molecule has 2 heterocycles. The summed E-state index contributed by atoms with van der Waals surface area (Å²) in [7, 11) is 3.06. The van der Waals surface area contributed by atoms with Gasteiger partial charge in [0, 0.05) is 6.20 Å². The van der Waals surface area contributed by atoms with Crippen molar-refractivity contribution < 1.29 is 14.3 Å². The summed E-state index contributed by atoms with van der Waals surface area (Å²) in [6.45, 7) is -0.274. The molecule has 0 aliphatic rings. The van der Waals surface area contributed by atoms with Gasteiger partial charge in [-0.25, -0.2) is 9.78 Å². The molecule has 2 aromatic heterocycles. The van der Waals surface area contributed by atoms with Crippen LogP contribution in [0.25, 0.3) is 11.0 Å². The monoisotopic (exact) mass is 446 g/mol. The summed E-state index contributed by atoms with van der Waals surface area (Å²) >= 11 is 0. The van der Waals surface area contributed by atoms with E-state index in [1.54, 1.807) is 67.8 Å². The third-order valence-electron chi connectivity index (χ3n) is 5.17. The first-order valence-corrected chi connectivity index (χ1v) is 10.2. The van der Waals surface area contributed by atoms with E-state index in [9.17, 15) is 14.4 Å². The number of methoxy groups -OCH3 is 2. The van der Waals surface area contributed by atoms with Crippen molar-refractivity contribution in [3.05, 3.63) is 93.3 Å². The molecule has 33 heavy (non-hydrogen) atoms. The van der Waals surface area contributed by atoms with Crippen LogP contribution in [0.2, 0.25) is 0 Å². The van der Waals surface area contributed by atoms with E-state index in [1.807, 2.05) is 0 Å². The lowest BCUT2D eigenvalue weighted by Gasteiger charge is -2.14. The summed E-state index contributed by atoms with van der Waals surface area (Å²) in [6.07, 6.45) is 1.48. The van der Waals surface area contributed by atoms with Gasteiger partial charge in [0.15, 0.2) is 5.52 Å². The van der Waals surface area contributed by atoms with Crippen molar-refractivity contribution in [1.82, 2.24) is 14.1 Å². The number of carbonyl (C=O) groups is 1. The normalized spacial score (nSPS) is 10.7. The number of nitrogens with one attached hydrogen (secondary N) is 1. The summed E-state index contributed by atoms with van der Waals surface area (Å²) in [6, 6.07) is 17.2. The van der Waals surface area contributed by atoms with E-state index in [1.165, 1.54) is 17.9 Å². The van der Waals surface area contributed by atoms with Crippen molar-refractivity contribution in [1.29, 1.82) is 0 Å². The van der Waals surface area contributed by atoms with Gasteiger partial charge in [-0.3, -0.25) is 18.7 Å². The molecule has 0 aliphatic heterocycles. The minimum Gasteiger partial charge on any atom is -0.497 e. The van der Waals surface area contributed by atoms with Crippen LogP contribution in [0, 0.1) is 0 Å². The van der Waals surface area contributed by atoms with Crippen molar-refractivity contribution in [2.75, 3.05) is 19.5 Å². The number of fused-ring (bicyclic) bond motifs is 1. The highest BCUT2D eigenvalue weighted by molar-refractivity contribution is 5.92. The molecule has 4 aromatic rings. The summed E-state index contributed by atoms with van der Waals surface area (Å²) in [5.41, 5.74) is 0.478. The second kappa shape index (κ2) is 9.39. The molecule has 0 atom stereocenters. The van der Waals surface area contributed by atoms with Crippen LogP contribution in [0.3, 0.4) is 0 Å². The molecule has 9 heteroatoms. The zero-order chi connectivity index (χ0) is 23.4. The van der Waals surface area contributed by atoms with E-state index in [0.29, 0.717) is 17.2 Å². The molecular weight excluding hydrogens is 424 g/mol. The Bertz CT molecular complexity index is 1420. The number of benzene rings is 2. The smallest absolute Gasteiger partial charge is 0.332 e. The van der Waals surface area contributed by atoms with Crippen LogP contribution in [0.4, 0.5) is 5.69 Å². The fourth-order valence-corrected chi connectivity index (χ4v) is 3.53. The number of anilines is 1. The highest BCUT2D eigenvalue weighted by atomic mass is 16.5. The molecule has 2 aromatic carbocycles. The Balaban J connectivity index is 1.73. The van der Waals surface area contributed by atoms with Crippen LogP contribution in [0.5, 0.6) is 11.5 Å². The number of hydrogen-bond acceptors (Lipinski definition) is 6. The lowest BCUT2D eigenvalue weighted by Crippen LogP contribution is -2.42. The molecule has 0 spiro atoms. The molecule has 0 bridgehead atoms. The number of hydrogen-bond donors (Lipinski definition) is 1. The van der Waals surface area contributed by atoms with E-state index >= 15 is 0 Å². The van der Waals surface area contributed by atoms with Gasteiger partial charge >= 0.3 is 5.69 Å². The Morgan fingerprint density at radius 3 is 2.42 bits per heavy atom. The maximum absolute atomic E-state index is 13.3. The minimum absolute atomic E-state index is 0.0301. The summed E-state index contributed by atoms with van der Waals surface area (Å²) in [5.74, 6) is 0.715. The van der Waals surface area contributed by atoms with Crippen LogP contribution in [-0.4, -0.2) is 34.2 Å². The van der Waals surface area contributed by atoms with Gasteiger partial charge in [-0.15, -0.1) is 0 Å². The Labute approximate surface area is 188 Å². The van der Waals surface area contributed by atoms with Crippen molar-refractivity contribution in [3.8, 4) is 11.5 Å². The molecule has 1 amide bonds. The Morgan fingerprint density at radius 1 is 0.939 bits per heavy atom. The van der Waals surface area contributed by atoms with E-state index in [0.717, 1.165) is 10.1 Å². The Morgan fingerprint density at radius 2 is 1.70 bits per heavy atom. The van der Waals surface area contributed by atoms with Crippen LogP contribution in [0.15, 0.2) is 76.4 Å². The van der Waals surface area contributed by atoms with E-state index in [2.05, 4.69) is 10.3 Å².